The van der Waals surface area contributed by atoms with Gasteiger partial charge in [-0.2, -0.15) is 0 Å². The number of alkyl halides is 1. The van der Waals surface area contributed by atoms with Crippen LogP contribution in [-0.4, -0.2) is 17.5 Å². The van der Waals surface area contributed by atoms with Gasteiger partial charge in [-0.25, -0.2) is 0 Å². The maximum absolute atomic E-state index is 11.2. The van der Waals surface area contributed by atoms with E-state index in [1.54, 1.807) is 6.08 Å². The van der Waals surface area contributed by atoms with E-state index < -0.39 is 0 Å². The molecule has 3 atom stereocenters. The van der Waals surface area contributed by atoms with E-state index in [0.29, 0.717) is 6.42 Å². The Kier molecular flexibility index (Phi) is 6.69. The van der Waals surface area contributed by atoms with Crippen molar-refractivity contribution >= 4 is 17.6 Å². The highest BCUT2D eigenvalue weighted by Crippen LogP contribution is 2.36. The summed E-state index contributed by atoms with van der Waals surface area (Å²) in [7, 11) is 0. The average Bonchev–Trinajstić information content (AvgIpc) is 2.23. The Morgan fingerprint density at radius 1 is 1.44 bits per heavy atom. The molecule has 0 aromatic carbocycles. The van der Waals surface area contributed by atoms with Crippen LogP contribution in [0.1, 0.15) is 41.0 Å². The van der Waals surface area contributed by atoms with Crippen LogP contribution in [0.25, 0.3) is 0 Å². The van der Waals surface area contributed by atoms with Crippen molar-refractivity contribution in [2.75, 3.05) is 0 Å². The summed E-state index contributed by atoms with van der Waals surface area (Å²) >= 11 is 6.26. The van der Waals surface area contributed by atoms with Gasteiger partial charge in [0.15, 0.2) is 0 Å². The van der Waals surface area contributed by atoms with E-state index in [-0.39, 0.29) is 28.8 Å². The van der Waals surface area contributed by atoms with E-state index in [0.717, 1.165) is 5.57 Å². The van der Waals surface area contributed by atoms with Gasteiger partial charge in [0.25, 0.3) is 0 Å². The summed E-state index contributed by atoms with van der Waals surface area (Å²) in [6, 6.07) is 0. The Labute approximate surface area is 116 Å². The first kappa shape index (κ1) is 17.2. The van der Waals surface area contributed by atoms with Crippen molar-refractivity contribution in [2.45, 2.75) is 52.5 Å². The second-order valence-corrected chi connectivity index (χ2v) is 6.16. The number of hydrogen-bond acceptors (Lipinski definition) is 2. The Balaban J connectivity index is 5.00. The molecular formula is C15H25ClO2. The molecule has 0 heterocycles. The summed E-state index contributed by atoms with van der Waals surface area (Å²) in [4.78, 5) is 11.2. The van der Waals surface area contributed by atoms with Gasteiger partial charge in [-0.1, -0.05) is 39.0 Å². The zero-order valence-corrected chi connectivity index (χ0v) is 12.9. The van der Waals surface area contributed by atoms with Crippen LogP contribution in [0.2, 0.25) is 0 Å². The summed E-state index contributed by atoms with van der Waals surface area (Å²) in [6.45, 7) is 17.1. The number of halogens is 1. The maximum Gasteiger partial charge on any atom is 0.302 e. The third-order valence-corrected chi connectivity index (χ3v) is 3.68. The Morgan fingerprint density at radius 3 is 2.28 bits per heavy atom. The molecule has 18 heavy (non-hydrogen) atoms. The fraction of sp³-hybridized carbons (Fsp3) is 0.667. The number of hydrogen-bond donors (Lipinski definition) is 0. The van der Waals surface area contributed by atoms with Gasteiger partial charge in [-0.05, 0) is 13.3 Å². The SMILES string of the molecule is C=CC(C)C(OC(C)=O)C(C)(C)CC(Cl)C(=C)C. The molecular weight excluding hydrogens is 248 g/mol. The molecule has 0 bridgehead atoms. The highest BCUT2D eigenvalue weighted by Gasteiger charge is 2.36. The van der Waals surface area contributed by atoms with Crippen LogP contribution in [0.5, 0.6) is 0 Å². The van der Waals surface area contributed by atoms with Crippen LogP contribution in [0.15, 0.2) is 24.8 Å². The van der Waals surface area contributed by atoms with Crippen LogP contribution in [0.4, 0.5) is 0 Å². The first-order valence-corrected chi connectivity index (χ1v) is 6.64. The predicted molar refractivity (Wildman–Crippen MR) is 77.8 cm³/mol. The van der Waals surface area contributed by atoms with Gasteiger partial charge in [-0.15, -0.1) is 18.2 Å². The number of esters is 1. The van der Waals surface area contributed by atoms with Gasteiger partial charge in [0, 0.05) is 18.3 Å². The van der Waals surface area contributed by atoms with Crippen molar-refractivity contribution in [3.05, 3.63) is 24.8 Å². The van der Waals surface area contributed by atoms with Gasteiger partial charge in [-0.3, -0.25) is 4.79 Å². The standard InChI is InChI=1S/C15H25ClO2/c1-8-11(4)14(18-12(5)17)15(6,7)9-13(16)10(2)3/h8,11,13-14H,1-2,9H2,3-7H3. The molecule has 0 aromatic heterocycles. The van der Waals surface area contributed by atoms with Gasteiger partial charge in [0.1, 0.15) is 6.10 Å². The van der Waals surface area contributed by atoms with Crippen LogP contribution >= 0.6 is 11.6 Å². The van der Waals surface area contributed by atoms with Crippen LogP contribution < -0.4 is 0 Å². The predicted octanol–water partition coefficient (Wildman–Crippen LogP) is 4.34. The molecule has 0 aromatic rings. The fourth-order valence-corrected chi connectivity index (χ4v) is 2.43. The molecule has 0 aliphatic rings. The Morgan fingerprint density at radius 2 is 1.94 bits per heavy atom. The molecule has 3 unspecified atom stereocenters. The van der Waals surface area contributed by atoms with E-state index in [1.165, 1.54) is 6.92 Å². The number of carbonyl (C=O) groups excluding carboxylic acids is 1. The van der Waals surface area contributed by atoms with Crippen molar-refractivity contribution in [2.24, 2.45) is 11.3 Å². The van der Waals surface area contributed by atoms with E-state index >= 15 is 0 Å². The lowest BCUT2D eigenvalue weighted by atomic mass is 9.76. The highest BCUT2D eigenvalue weighted by atomic mass is 35.5. The molecule has 104 valence electrons. The van der Waals surface area contributed by atoms with Crippen LogP contribution in [-0.2, 0) is 9.53 Å². The van der Waals surface area contributed by atoms with Gasteiger partial charge in [0.05, 0.1) is 5.38 Å². The molecule has 0 aliphatic carbocycles. The second kappa shape index (κ2) is 6.98. The first-order chi connectivity index (χ1) is 8.11. The molecule has 0 radical (unpaired) electrons. The lowest BCUT2D eigenvalue weighted by Gasteiger charge is -2.37. The maximum atomic E-state index is 11.2. The van der Waals surface area contributed by atoms with Crippen molar-refractivity contribution in [3.63, 3.8) is 0 Å². The zero-order valence-electron chi connectivity index (χ0n) is 12.1. The number of ether oxygens (including phenoxy) is 1. The lowest BCUT2D eigenvalue weighted by Crippen LogP contribution is -2.39. The fourth-order valence-electron chi connectivity index (χ4n) is 2.03. The summed E-state index contributed by atoms with van der Waals surface area (Å²) in [6.07, 6.45) is 2.28. The van der Waals surface area contributed by atoms with E-state index in [2.05, 4.69) is 27.0 Å². The van der Waals surface area contributed by atoms with Crippen molar-refractivity contribution in [3.8, 4) is 0 Å². The topological polar surface area (TPSA) is 26.3 Å². The molecule has 0 saturated heterocycles. The van der Waals surface area contributed by atoms with Crippen molar-refractivity contribution in [1.82, 2.24) is 0 Å². The summed E-state index contributed by atoms with van der Waals surface area (Å²) < 4.78 is 5.45. The normalized spacial score (nSPS) is 16.6. The van der Waals surface area contributed by atoms with Gasteiger partial charge < -0.3 is 4.74 Å². The van der Waals surface area contributed by atoms with Crippen molar-refractivity contribution < 1.29 is 9.53 Å². The second-order valence-electron chi connectivity index (χ2n) is 5.63. The summed E-state index contributed by atoms with van der Waals surface area (Å²) in [5.74, 6) is -0.193. The quantitative estimate of drug-likeness (QED) is 0.391. The number of allylic oxidation sites excluding steroid dienone is 1. The third kappa shape index (κ3) is 5.26. The Bertz CT molecular complexity index is 320. The minimum Gasteiger partial charge on any atom is -0.461 e. The molecule has 0 amide bonds. The van der Waals surface area contributed by atoms with E-state index in [9.17, 15) is 4.79 Å². The summed E-state index contributed by atoms with van der Waals surface area (Å²) in [5.41, 5.74) is 0.697. The molecule has 2 nitrogen and oxygen atoms in total. The number of carbonyl (C=O) groups is 1. The molecule has 0 N–H and O–H groups in total. The monoisotopic (exact) mass is 272 g/mol. The molecule has 0 aliphatic heterocycles. The zero-order chi connectivity index (χ0) is 14.5. The largest absolute Gasteiger partial charge is 0.461 e. The average molecular weight is 273 g/mol. The van der Waals surface area contributed by atoms with E-state index in [1.807, 2.05) is 13.8 Å². The van der Waals surface area contributed by atoms with Crippen molar-refractivity contribution in [1.29, 1.82) is 0 Å². The van der Waals surface area contributed by atoms with E-state index in [4.69, 9.17) is 16.3 Å². The minimum absolute atomic E-state index is 0.0814. The smallest absolute Gasteiger partial charge is 0.302 e. The molecule has 0 rings (SSSR count). The molecule has 3 heteroatoms. The number of rotatable bonds is 7. The van der Waals surface area contributed by atoms with Gasteiger partial charge in [0.2, 0.25) is 0 Å². The molecule has 0 saturated carbocycles. The highest BCUT2D eigenvalue weighted by molar-refractivity contribution is 6.22. The third-order valence-electron chi connectivity index (χ3n) is 3.15. The van der Waals surface area contributed by atoms with Gasteiger partial charge >= 0.3 is 5.97 Å². The minimum atomic E-state index is -0.275. The molecule has 0 spiro atoms. The lowest BCUT2D eigenvalue weighted by molar-refractivity contribution is -0.155. The Hall–Kier alpha value is -0.760. The first-order valence-electron chi connectivity index (χ1n) is 6.21. The summed E-state index contributed by atoms with van der Waals surface area (Å²) in [5, 5.41) is -0.116. The van der Waals surface area contributed by atoms with Crippen LogP contribution in [0, 0.1) is 11.3 Å². The van der Waals surface area contributed by atoms with Crippen LogP contribution in [0.3, 0.4) is 0 Å². The molecule has 0 fully saturated rings.